The molecule has 0 fully saturated rings. The number of rotatable bonds is 8. The smallest absolute Gasteiger partial charge is 0.203 e. The standard InChI is InChI=1S/C26H26N2O6/c1-29-19-10-9-16(8-7-15-11-22(32-4)26(34-6)23(12-15)33-5)24-25(19)28-18-14-21(31-3)20(30-2)13-17(18)27-24/h7-14H,1-6H3/b8-7-. The van der Waals surface area contributed by atoms with Crippen molar-refractivity contribution in [2.45, 2.75) is 0 Å². The number of hydrogen-bond donors (Lipinski definition) is 0. The summed E-state index contributed by atoms with van der Waals surface area (Å²) in [5, 5.41) is 0. The van der Waals surface area contributed by atoms with E-state index in [1.54, 1.807) is 48.7 Å². The summed E-state index contributed by atoms with van der Waals surface area (Å²) in [6.07, 6.45) is 3.91. The van der Waals surface area contributed by atoms with Gasteiger partial charge in [-0.15, -0.1) is 0 Å². The Kier molecular flexibility index (Phi) is 6.58. The van der Waals surface area contributed by atoms with E-state index in [0.29, 0.717) is 56.6 Å². The molecule has 34 heavy (non-hydrogen) atoms. The van der Waals surface area contributed by atoms with E-state index in [1.807, 2.05) is 42.5 Å². The van der Waals surface area contributed by atoms with Gasteiger partial charge >= 0.3 is 0 Å². The maximum absolute atomic E-state index is 5.55. The van der Waals surface area contributed by atoms with Gasteiger partial charge in [-0.25, -0.2) is 9.97 Å². The van der Waals surface area contributed by atoms with Gasteiger partial charge in [-0.2, -0.15) is 0 Å². The van der Waals surface area contributed by atoms with Crippen LogP contribution in [0.4, 0.5) is 0 Å². The lowest BCUT2D eigenvalue weighted by Crippen LogP contribution is -1.96. The molecule has 1 aromatic heterocycles. The highest BCUT2D eigenvalue weighted by Crippen LogP contribution is 2.39. The van der Waals surface area contributed by atoms with Gasteiger partial charge in [0.1, 0.15) is 16.8 Å². The molecule has 3 aromatic carbocycles. The topological polar surface area (TPSA) is 81.2 Å². The number of hydrogen-bond acceptors (Lipinski definition) is 8. The van der Waals surface area contributed by atoms with Crippen LogP contribution in [-0.4, -0.2) is 52.6 Å². The Morgan fingerprint density at radius 1 is 0.529 bits per heavy atom. The third-order valence-corrected chi connectivity index (χ3v) is 5.45. The van der Waals surface area contributed by atoms with E-state index in [1.165, 1.54) is 0 Å². The minimum atomic E-state index is 0.541. The van der Waals surface area contributed by atoms with Crippen molar-refractivity contribution >= 4 is 34.2 Å². The Bertz CT molecular complexity index is 1360. The van der Waals surface area contributed by atoms with Crippen LogP contribution in [0.1, 0.15) is 11.1 Å². The summed E-state index contributed by atoms with van der Waals surface area (Å²) in [5.74, 6) is 3.49. The van der Waals surface area contributed by atoms with Crippen molar-refractivity contribution in [3.05, 3.63) is 47.5 Å². The summed E-state index contributed by atoms with van der Waals surface area (Å²) < 4.78 is 32.7. The van der Waals surface area contributed by atoms with Crippen LogP contribution >= 0.6 is 0 Å². The first-order valence-corrected chi connectivity index (χ1v) is 10.4. The molecule has 0 N–H and O–H groups in total. The Labute approximate surface area is 197 Å². The molecule has 0 bridgehead atoms. The second-order valence-corrected chi connectivity index (χ2v) is 7.27. The molecule has 1 heterocycles. The minimum Gasteiger partial charge on any atom is -0.494 e. The molecule has 0 aliphatic carbocycles. The molecule has 0 saturated heterocycles. The summed E-state index contributed by atoms with van der Waals surface area (Å²) in [4.78, 5) is 9.69. The van der Waals surface area contributed by atoms with E-state index in [4.69, 9.17) is 38.4 Å². The molecule has 0 spiro atoms. The average molecular weight is 463 g/mol. The van der Waals surface area contributed by atoms with E-state index in [-0.39, 0.29) is 0 Å². The van der Waals surface area contributed by atoms with Crippen LogP contribution in [0.25, 0.3) is 34.2 Å². The number of nitrogens with zero attached hydrogens (tertiary/aromatic N) is 2. The summed E-state index contributed by atoms with van der Waals surface area (Å²) in [6, 6.07) is 11.2. The van der Waals surface area contributed by atoms with Crippen LogP contribution in [0.2, 0.25) is 0 Å². The zero-order chi connectivity index (χ0) is 24.2. The van der Waals surface area contributed by atoms with Gasteiger partial charge in [-0.3, -0.25) is 0 Å². The largest absolute Gasteiger partial charge is 0.494 e. The van der Waals surface area contributed by atoms with Crippen molar-refractivity contribution in [1.29, 1.82) is 0 Å². The molecule has 4 rings (SSSR count). The molecular weight excluding hydrogens is 436 g/mol. The lowest BCUT2D eigenvalue weighted by molar-refractivity contribution is 0.324. The fourth-order valence-electron chi connectivity index (χ4n) is 3.76. The fourth-order valence-corrected chi connectivity index (χ4v) is 3.76. The second kappa shape index (κ2) is 9.74. The molecule has 0 unspecified atom stereocenters. The summed E-state index contributed by atoms with van der Waals surface area (Å²) >= 11 is 0. The van der Waals surface area contributed by atoms with E-state index >= 15 is 0 Å². The highest BCUT2D eigenvalue weighted by molar-refractivity contribution is 5.96. The number of ether oxygens (including phenoxy) is 6. The van der Waals surface area contributed by atoms with Crippen molar-refractivity contribution < 1.29 is 28.4 Å². The van der Waals surface area contributed by atoms with Crippen LogP contribution in [0, 0.1) is 0 Å². The van der Waals surface area contributed by atoms with Crippen LogP contribution in [0.3, 0.4) is 0 Å². The lowest BCUT2D eigenvalue weighted by atomic mass is 10.1. The van der Waals surface area contributed by atoms with Crippen molar-refractivity contribution in [2.75, 3.05) is 42.7 Å². The molecular formula is C26H26N2O6. The first kappa shape index (κ1) is 23.0. The highest BCUT2D eigenvalue weighted by Gasteiger charge is 2.15. The van der Waals surface area contributed by atoms with Crippen molar-refractivity contribution in [3.8, 4) is 34.5 Å². The molecule has 0 saturated carbocycles. The monoisotopic (exact) mass is 462 g/mol. The molecule has 0 aliphatic heterocycles. The predicted octanol–water partition coefficient (Wildman–Crippen LogP) is 5.01. The Balaban J connectivity index is 1.87. The molecule has 4 aromatic rings. The van der Waals surface area contributed by atoms with Gasteiger partial charge in [0, 0.05) is 17.7 Å². The van der Waals surface area contributed by atoms with Gasteiger partial charge in [-0.05, 0) is 29.8 Å². The maximum atomic E-state index is 5.55. The molecule has 0 aliphatic rings. The Morgan fingerprint density at radius 3 is 1.56 bits per heavy atom. The molecule has 0 atom stereocenters. The van der Waals surface area contributed by atoms with Crippen LogP contribution in [0.15, 0.2) is 36.4 Å². The SMILES string of the molecule is COc1cc2nc3c(/C=C\c4cc(OC)c(OC)c(OC)c4)ccc(OC)c3nc2cc1OC. The highest BCUT2D eigenvalue weighted by atomic mass is 16.5. The summed E-state index contributed by atoms with van der Waals surface area (Å²) in [7, 11) is 9.54. The van der Waals surface area contributed by atoms with Gasteiger partial charge < -0.3 is 28.4 Å². The third kappa shape index (κ3) is 4.10. The first-order chi connectivity index (χ1) is 16.6. The van der Waals surface area contributed by atoms with E-state index in [2.05, 4.69) is 0 Å². The van der Waals surface area contributed by atoms with Crippen molar-refractivity contribution in [1.82, 2.24) is 9.97 Å². The molecule has 8 heteroatoms. The Hall–Kier alpha value is -4.20. The van der Waals surface area contributed by atoms with Crippen molar-refractivity contribution in [2.24, 2.45) is 0 Å². The third-order valence-electron chi connectivity index (χ3n) is 5.45. The molecule has 8 nitrogen and oxygen atoms in total. The van der Waals surface area contributed by atoms with Gasteiger partial charge in [-0.1, -0.05) is 12.2 Å². The Morgan fingerprint density at radius 2 is 1.06 bits per heavy atom. The van der Waals surface area contributed by atoms with Crippen LogP contribution < -0.4 is 28.4 Å². The van der Waals surface area contributed by atoms with E-state index in [9.17, 15) is 0 Å². The number of aromatic nitrogens is 2. The minimum absolute atomic E-state index is 0.541. The van der Waals surface area contributed by atoms with E-state index < -0.39 is 0 Å². The van der Waals surface area contributed by atoms with E-state index in [0.717, 1.165) is 11.1 Å². The number of methoxy groups -OCH3 is 6. The number of benzene rings is 3. The number of fused-ring (bicyclic) bond motifs is 2. The predicted molar refractivity (Wildman–Crippen MR) is 132 cm³/mol. The molecule has 0 radical (unpaired) electrons. The first-order valence-electron chi connectivity index (χ1n) is 10.4. The van der Waals surface area contributed by atoms with Gasteiger partial charge in [0.2, 0.25) is 5.75 Å². The molecule has 0 amide bonds. The average Bonchev–Trinajstić information content (AvgIpc) is 2.88. The maximum Gasteiger partial charge on any atom is 0.203 e. The van der Waals surface area contributed by atoms with Gasteiger partial charge in [0.05, 0.1) is 53.7 Å². The lowest BCUT2D eigenvalue weighted by Gasteiger charge is -2.13. The zero-order valence-corrected chi connectivity index (χ0v) is 20.0. The zero-order valence-electron chi connectivity index (χ0n) is 20.0. The van der Waals surface area contributed by atoms with Gasteiger partial charge in [0.25, 0.3) is 0 Å². The van der Waals surface area contributed by atoms with Crippen LogP contribution in [-0.2, 0) is 0 Å². The quantitative estimate of drug-likeness (QED) is 0.267. The normalized spacial score (nSPS) is 11.1. The van der Waals surface area contributed by atoms with Crippen LogP contribution in [0.5, 0.6) is 34.5 Å². The van der Waals surface area contributed by atoms with Crippen molar-refractivity contribution in [3.63, 3.8) is 0 Å². The second-order valence-electron chi connectivity index (χ2n) is 7.27. The summed E-state index contributed by atoms with van der Waals surface area (Å²) in [6.45, 7) is 0. The summed E-state index contributed by atoms with van der Waals surface area (Å²) in [5.41, 5.74) is 4.44. The van der Waals surface area contributed by atoms with Gasteiger partial charge in [0.15, 0.2) is 23.0 Å². The molecule has 176 valence electrons. The fraction of sp³-hybridized carbons (Fsp3) is 0.231.